The molecule has 0 heterocycles. The maximum atomic E-state index is 2.29. The van der Waals surface area contributed by atoms with Gasteiger partial charge in [0.25, 0.3) is 0 Å². The predicted octanol–water partition coefficient (Wildman–Crippen LogP) is 4.37. The van der Waals surface area contributed by atoms with Crippen molar-refractivity contribution in [2.75, 3.05) is 0 Å². The standard InChI is InChI=1S/C15H18/c1-3-4-8-14-12(2)10-11-13-7-5-6-9-15(13)14/h4-9H,3,10-11H2,1-2H3. The molecule has 0 saturated heterocycles. The molecule has 78 valence electrons. The van der Waals surface area contributed by atoms with Gasteiger partial charge in [-0.3, -0.25) is 0 Å². The maximum Gasteiger partial charge on any atom is -0.0152 e. The minimum absolute atomic E-state index is 1.11. The Morgan fingerprint density at radius 2 is 2.00 bits per heavy atom. The number of rotatable bonds is 2. The fourth-order valence-corrected chi connectivity index (χ4v) is 2.16. The molecule has 1 aliphatic rings. The first kappa shape index (κ1) is 10.2. The van der Waals surface area contributed by atoms with Gasteiger partial charge in [-0.2, -0.15) is 0 Å². The van der Waals surface area contributed by atoms with Gasteiger partial charge in [-0.1, -0.05) is 48.9 Å². The minimum atomic E-state index is 1.11. The highest BCUT2D eigenvalue weighted by atomic mass is 14.2. The number of benzene rings is 1. The molecule has 0 fully saturated rings. The number of fused-ring (bicyclic) bond motifs is 1. The molecule has 1 aromatic carbocycles. The van der Waals surface area contributed by atoms with Crippen molar-refractivity contribution in [1.29, 1.82) is 0 Å². The third-order valence-corrected chi connectivity index (χ3v) is 3.06. The second-order valence-electron chi connectivity index (χ2n) is 4.16. The molecule has 0 unspecified atom stereocenters. The summed E-state index contributed by atoms with van der Waals surface area (Å²) in [7, 11) is 0. The molecule has 2 rings (SSSR count). The minimum Gasteiger partial charge on any atom is -0.0842 e. The van der Waals surface area contributed by atoms with Crippen LogP contribution in [-0.2, 0) is 6.42 Å². The molecular formula is C15H18. The Hall–Kier alpha value is -1.30. The number of aryl methyl sites for hydroxylation is 1. The molecule has 0 saturated carbocycles. The molecule has 0 radical (unpaired) electrons. The van der Waals surface area contributed by atoms with Crippen molar-refractivity contribution < 1.29 is 0 Å². The van der Waals surface area contributed by atoms with E-state index in [0.717, 1.165) is 6.42 Å². The van der Waals surface area contributed by atoms with E-state index in [9.17, 15) is 0 Å². The van der Waals surface area contributed by atoms with Crippen LogP contribution in [0.3, 0.4) is 0 Å². The summed E-state index contributed by atoms with van der Waals surface area (Å²) in [5.41, 5.74) is 5.90. The van der Waals surface area contributed by atoms with Gasteiger partial charge in [0, 0.05) is 0 Å². The van der Waals surface area contributed by atoms with Crippen molar-refractivity contribution in [2.45, 2.75) is 33.1 Å². The highest BCUT2D eigenvalue weighted by Gasteiger charge is 2.13. The van der Waals surface area contributed by atoms with Crippen LogP contribution in [0.25, 0.3) is 5.57 Å². The van der Waals surface area contributed by atoms with Crippen molar-refractivity contribution in [3.05, 3.63) is 53.1 Å². The quantitative estimate of drug-likeness (QED) is 0.662. The Morgan fingerprint density at radius 3 is 2.80 bits per heavy atom. The lowest BCUT2D eigenvalue weighted by molar-refractivity contribution is 0.920. The average molecular weight is 198 g/mol. The summed E-state index contributed by atoms with van der Waals surface area (Å²) < 4.78 is 0. The molecule has 0 amide bonds. The molecule has 0 bridgehead atoms. The molecule has 0 spiro atoms. The summed E-state index contributed by atoms with van der Waals surface area (Å²) in [4.78, 5) is 0. The molecule has 0 atom stereocenters. The predicted molar refractivity (Wildman–Crippen MR) is 66.8 cm³/mol. The van der Waals surface area contributed by atoms with E-state index in [-0.39, 0.29) is 0 Å². The zero-order chi connectivity index (χ0) is 10.7. The average Bonchev–Trinajstić information content (AvgIpc) is 2.28. The zero-order valence-electron chi connectivity index (χ0n) is 9.59. The van der Waals surface area contributed by atoms with Gasteiger partial charge in [-0.05, 0) is 42.9 Å². The first-order valence-electron chi connectivity index (χ1n) is 5.77. The van der Waals surface area contributed by atoms with Crippen molar-refractivity contribution in [3.63, 3.8) is 0 Å². The number of hydrogen-bond acceptors (Lipinski definition) is 0. The Morgan fingerprint density at radius 1 is 1.20 bits per heavy atom. The van der Waals surface area contributed by atoms with E-state index in [2.05, 4.69) is 50.3 Å². The van der Waals surface area contributed by atoms with Crippen LogP contribution < -0.4 is 0 Å². The smallest absolute Gasteiger partial charge is 0.0152 e. The fourth-order valence-electron chi connectivity index (χ4n) is 2.16. The second-order valence-corrected chi connectivity index (χ2v) is 4.16. The highest BCUT2D eigenvalue weighted by molar-refractivity contribution is 5.79. The van der Waals surface area contributed by atoms with E-state index in [0.29, 0.717) is 0 Å². The molecule has 1 aliphatic carbocycles. The van der Waals surface area contributed by atoms with Crippen molar-refractivity contribution >= 4 is 5.57 Å². The van der Waals surface area contributed by atoms with Crippen LogP contribution in [0.15, 0.2) is 42.0 Å². The monoisotopic (exact) mass is 198 g/mol. The zero-order valence-corrected chi connectivity index (χ0v) is 9.59. The van der Waals surface area contributed by atoms with Crippen LogP contribution in [0.5, 0.6) is 0 Å². The lowest BCUT2D eigenvalue weighted by Gasteiger charge is -2.19. The van der Waals surface area contributed by atoms with Crippen LogP contribution >= 0.6 is 0 Å². The summed E-state index contributed by atoms with van der Waals surface area (Å²) in [5.74, 6) is 0. The Bertz CT molecular complexity index is 408. The second kappa shape index (κ2) is 4.48. The van der Waals surface area contributed by atoms with E-state index in [1.807, 2.05) is 0 Å². The van der Waals surface area contributed by atoms with Gasteiger partial charge in [0.2, 0.25) is 0 Å². The summed E-state index contributed by atoms with van der Waals surface area (Å²) in [5, 5.41) is 0. The molecule has 0 nitrogen and oxygen atoms in total. The van der Waals surface area contributed by atoms with Crippen LogP contribution in [0.4, 0.5) is 0 Å². The van der Waals surface area contributed by atoms with Crippen LogP contribution in [0.2, 0.25) is 0 Å². The lowest BCUT2D eigenvalue weighted by Crippen LogP contribution is -2.01. The van der Waals surface area contributed by atoms with Crippen molar-refractivity contribution in [2.24, 2.45) is 0 Å². The summed E-state index contributed by atoms with van der Waals surface area (Å²) in [6, 6.07) is 8.77. The number of hydrogen-bond donors (Lipinski definition) is 0. The molecule has 0 aliphatic heterocycles. The van der Waals surface area contributed by atoms with Gasteiger partial charge in [0.1, 0.15) is 0 Å². The van der Waals surface area contributed by atoms with Gasteiger partial charge in [-0.15, -0.1) is 0 Å². The molecular weight excluding hydrogens is 180 g/mol. The van der Waals surface area contributed by atoms with Crippen LogP contribution in [0, 0.1) is 0 Å². The van der Waals surface area contributed by atoms with Gasteiger partial charge >= 0.3 is 0 Å². The van der Waals surface area contributed by atoms with E-state index in [4.69, 9.17) is 0 Å². The van der Waals surface area contributed by atoms with Gasteiger partial charge < -0.3 is 0 Å². The Kier molecular flexibility index (Phi) is 3.05. The maximum absolute atomic E-state index is 2.29. The summed E-state index contributed by atoms with van der Waals surface area (Å²) >= 11 is 0. The van der Waals surface area contributed by atoms with Crippen molar-refractivity contribution in [1.82, 2.24) is 0 Å². The van der Waals surface area contributed by atoms with Gasteiger partial charge in [-0.25, -0.2) is 0 Å². The van der Waals surface area contributed by atoms with E-state index in [1.165, 1.54) is 35.1 Å². The fraction of sp³-hybridized carbons (Fsp3) is 0.333. The van der Waals surface area contributed by atoms with Crippen LogP contribution in [-0.4, -0.2) is 0 Å². The number of allylic oxidation sites excluding steroid dienone is 4. The normalized spacial score (nSPS) is 15.9. The summed E-state index contributed by atoms with van der Waals surface area (Å²) in [6.07, 6.45) is 8.05. The Labute approximate surface area is 92.3 Å². The molecule has 0 aromatic heterocycles. The van der Waals surface area contributed by atoms with E-state index < -0.39 is 0 Å². The van der Waals surface area contributed by atoms with E-state index >= 15 is 0 Å². The van der Waals surface area contributed by atoms with Crippen LogP contribution in [0.1, 0.15) is 37.8 Å². The lowest BCUT2D eigenvalue weighted by atomic mass is 9.86. The first-order valence-corrected chi connectivity index (χ1v) is 5.77. The third kappa shape index (κ3) is 2.04. The first-order chi connectivity index (χ1) is 7.33. The van der Waals surface area contributed by atoms with Gasteiger partial charge in [0.05, 0.1) is 0 Å². The van der Waals surface area contributed by atoms with E-state index in [1.54, 1.807) is 0 Å². The third-order valence-electron chi connectivity index (χ3n) is 3.06. The van der Waals surface area contributed by atoms with Gasteiger partial charge in [0.15, 0.2) is 0 Å². The molecule has 0 heteroatoms. The Balaban J connectivity index is 2.46. The van der Waals surface area contributed by atoms with Crippen molar-refractivity contribution in [3.8, 4) is 0 Å². The SMILES string of the molecule is CCC=CC1=C(C)CCc2ccccc21. The molecule has 15 heavy (non-hydrogen) atoms. The summed E-state index contributed by atoms with van der Waals surface area (Å²) in [6.45, 7) is 4.44. The molecule has 0 N–H and O–H groups in total. The topological polar surface area (TPSA) is 0 Å². The molecule has 1 aromatic rings. The largest absolute Gasteiger partial charge is 0.0842 e. The highest BCUT2D eigenvalue weighted by Crippen LogP contribution is 2.31.